The Morgan fingerprint density at radius 3 is 1.46 bits per heavy atom. The Morgan fingerprint density at radius 1 is 0.538 bits per heavy atom. The molecule has 3 N–H and O–H groups in total. The maximum atomic E-state index is 13.1. The number of esters is 1. The minimum atomic E-state index is -0.788. The van der Waals surface area contributed by atoms with E-state index in [1.165, 1.54) is 103 Å². The molecule has 0 heterocycles. The van der Waals surface area contributed by atoms with Gasteiger partial charge in [-0.2, -0.15) is 0 Å². The van der Waals surface area contributed by atoms with Crippen molar-refractivity contribution in [3.8, 4) is 0 Å². The summed E-state index contributed by atoms with van der Waals surface area (Å²) >= 11 is 0. The number of allylic oxidation sites excluding steroid dienone is 4. The van der Waals surface area contributed by atoms with Gasteiger partial charge in [0.15, 0.2) is 0 Å². The van der Waals surface area contributed by atoms with E-state index in [0.29, 0.717) is 19.3 Å². The molecule has 3 unspecified atom stereocenters. The predicted octanol–water partition coefficient (Wildman–Crippen LogP) is 12.8. The van der Waals surface area contributed by atoms with Crippen LogP contribution in [0.3, 0.4) is 0 Å². The van der Waals surface area contributed by atoms with Gasteiger partial charge in [-0.15, -0.1) is 0 Å². The molecule has 0 radical (unpaired) electrons. The van der Waals surface area contributed by atoms with Crippen molar-refractivity contribution in [2.75, 3.05) is 6.61 Å². The third kappa shape index (κ3) is 35.4. The second-order valence-corrected chi connectivity index (χ2v) is 15.4. The largest absolute Gasteiger partial charge is 0.462 e. The molecule has 6 heteroatoms. The van der Waals surface area contributed by atoms with E-state index < -0.39 is 18.2 Å². The zero-order chi connectivity index (χ0) is 38.2. The molecular formula is C46H87NO5. The Bertz CT molecular complexity index is 828. The SMILES string of the molecule is CCC/C=C\CCCCCC(CC(=O)NC(CO)C(O)CCCCCCCCCCCCC)OC(=O)CCCCC/C=C\CCCCCCCCC. The predicted molar refractivity (Wildman–Crippen MR) is 223 cm³/mol. The summed E-state index contributed by atoms with van der Waals surface area (Å²) in [5, 5.41) is 23.6. The van der Waals surface area contributed by atoms with Gasteiger partial charge >= 0.3 is 5.97 Å². The van der Waals surface area contributed by atoms with Crippen LogP contribution >= 0.6 is 0 Å². The molecule has 0 aromatic rings. The quantitative estimate of drug-likeness (QED) is 0.0331. The molecule has 0 saturated heterocycles. The van der Waals surface area contributed by atoms with E-state index in [1.807, 2.05) is 0 Å². The van der Waals surface area contributed by atoms with Crippen LogP contribution in [0.2, 0.25) is 0 Å². The third-order valence-corrected chi connectivity index (χ3v) is 10.2. The summed E-state index contributed by atoms with van der Waals surface area (Å²) in [6.07, 6.45) is 43.9. The van der Waals surface area contributed by atoms with Crippen molar-refractivity contribution in [3.63, 3.8) is 0 Å². The van der Waals surface area contributed by atoms with Crippen molar-refractivity contribution < 1.29 is 24.5 Å². The molecule has 1 amide bonds. The molecule has 0 aromatic carbocycles. The number of aliphatic hydroxyl groups excluding tert-OH is 2. The van der Waals surface area contributed by atoms with Crippen molar-refractivity contribution in [2.45, 2.75) is 251 Å². The Labute approximate surface area is 322 Å². The van der Waals surface area contributed by atoms with Crippen molar-refractivity contribution in [1.29, 1.82) is 0 Å². The second kappa shape index (κ2) is 40.5. The molecule has 306 valence electrons. The molecule has 6 nitrogen and oxygen atoms in total. The second-order valence-electron chi connectivity index (χ2n) is 15.4. The topological polar surface area (TPSA) is 95.9 Å². The van der Waals surface area contributed by atoms with E-state index in [-0.39, 0.29) is 24.9 Å². The first-order valence-electron chi connectivity index (χ1n) is 22.6. The van der Waals surface area contributed by atoms with Gasteiger partial charge in [0.2, 0.25) is 5.91 Å². The minimum absolute atomic E-state index is 0.0628. The number of amides is 1. The number of unbranched alkanes of at least 4 members (excludes halogenated alkanes) is 24. The normalized spacial score (nSPS) is 13.6. The summed E-state index contributed by atoms with van der Waals surface area (Å²) in [7, 11) is 0. The fourth-order valence-electron chi connectivity index (χ4n) is 6.78. The molecule has 0 fully saturated rings. The van der Waals surface area contributed by atoms with Gasteiger partial charge in [0.05, 0.1) is 25.2 Å². The highest BCUT2D eigenvalue weighted by Crippen LogP contribution is 2.17. The van der Waals surface area contributed by atoms with Crippen LogP contribution < -0.4 is 5.32 Å². The molecule has 0 aromatic heterocycles. The number of aliphatic hydroxyl groups is 2. The highest BCUT2D eigenvalue weighted by atomic mass is 16.5. The van der Waals surface area contributed by atoms with Crippen molar-refractivity contribution >= 4 is 11.9 Å². The summed E-state index contributed by atoms with van der Waals surface area (Å²) in [6, 6.07) is -0.702. The zero-order valence-corrected chi connectivity index (χ0v) is 34.7. The summed E-state index contributed by atoms with van der Waals surface area (Å²) in [6.45, 7) is 6.38. The minimum Gasteiger partial charge on any atom is -0.462 e. The van der Waals surface area contributed by atoms with Crippen LogP contribution in [0.4, 0.5) is 0 Å². The zero-order valence-electron chi connectivity index (χ0n) is 34.7. The third-order valence-electron chi connectivity index (χ3n) is 10.2. The monoisotopic (exact) mass is 734 g/mol. The average Bonchev–Trinajstić information content (AvgIpc) is 3.13. The molecule has 0 spiro atoms. The summed E-state index contributed by atoms with van der Waals surface area (Å²) < 4.78 is 5.86. The molecule has 0 aliphatic carbocycles. The number of hydrogen-bond acceptors (Lipinski definition) is 5. The van der Waals surface area contributed by atoms with Gasteiger partial charge in [0.25, 0.3) is 0 Å². The lowest BCUT2D eigenvalue weighted by molar-refractivity contribution is -0.151. The Kier molecular flexibility index (Phi) is 39.2. The summed E-state index contributed by atoms with van der Waals surface area (Å²) in [5.74, 6) is -0.509. The smallest absolute Gasteiger partial charge is 0.306 e. The van der Waals surface area contributed by atoms with Crippen LogP contribution in [0, 0.1) is 0 Å². The van der Waals surface area contributed by atoms with E-state index in [1.54, 1.807) is 0 Å². The van der Waals surface area contributed by atoms with Crippen LogP contribution in [0.15, 0.2) is 24.3 Å². The average molecular weight is 734 g/mol. The van der Waals surface area contributed by atoms with Gasteiger partial charge in [-0.25, -0.2) is 0 Å². The first kappa shape index (κ1) is 50.3. The van der Waals surface area contributed by atoms with Gasteiger partial charge < -0.3 is 20.3 Å². The van der Waals surface area contributed by atoms with E-state index >= 15 is 0 Å². The van der Waals surface area contributed by atoms with Gasteiger partial charge in [-0.05, 0) is 70.6 Å². The lowest BCUT2D eigenvalue weighted by atomic mass is 10.0. The molecular weight excluding hydrogens is 647 g/mol. The first-order chi connectivity index (χ1) is 25.5. The molecule has 0 aliphatic heterocycles. The Balaban J connectivity index is 4.51. The standard InChI is InChI=1S/C46H87NO5/c1-4-7-10-13-16-19-21-22-23-25-27-30-33-36-39-46(51)52-42(37-34-31-28-18-15-12-9-6-3)40-45(50)47-43(41-48)44(49)38-35-32-29-26-24-20-17-14-11-8-5-2/h12,15,23,25,42-44,48-49H,4-11,13-14,16-22,24,26-41H2,1-3H3,(H,47,50)/b15-12-,25-23-. The maximum Gasteiger partial charge on any atom is 0.306 e. The van der Waals surface area contributed by atoms with E-state index in [2.05, 4.69) is 50.4 Å². The van der Waals surface area contributed by atoms with Gasteiger partial charge in [0, 0.05) is 6.42 Å². The Hall–Kier alpha value is -1.66. The number of rotatable bonds is 40. The highest BCUT2D eigenvalue weighted by Gasteiger charge is 2.24. The molecule has 0 bridgehead atoms. The van der Waals surface area contributed by atoms with Crippen LogP contribution in [0.25, 0.3) is 0 Å². The van der Waals surface area contributed by atoms with Gasteiger partial charge in [-0.3, -0.25) is 9.59 Å². The number of carbonyl (C=O) groups is 2. The molecule has 0 aliphatic rings. The highest BCUT2D eigenvalue weighted by molar-refractivity contribution is 5.77. The first-order valence-corrected chi connectivity index (χ1v) is 22.6. The fraction of sp³-hybridized carbons (Fsp3) is 0.870. The maximum absolute atomic E-state index is 13.1. The van der Waals surface area contributed by atoms with E-state index in [9.17, 15) is 19.8 Å². The van der Waals surface area contributed by atoms with Crippen LogP contribution in [-0.4, -0.2) is 46.9 Å². The summed E-state index contributed by atoms with van der Waals surface area (Å²) in [5.41, 5.74) is 0. The lowest BCUT2D eigenvalue weighted by Gasteiger charge is -2.24. The molecule has 0 saturated carbocycles. The lowest BCUT2D eigenvalue weighted by Crippen LogP contribution is -2.46. The van der Waals surface area contributed by atoms with Crippen LogP contribution in [0.1, 0.15) is 233 Å². The fourth-order valence-corrected chi connectivity index (χ4v) is 6.78. The van der Waals surface area contributed by atoms with Gasteiger partial charge in [0.1, 0.15) is 6.10 Å². The van der Waals surface area contributed by atoms with Crippen molar-refractivity contribution in [1.82, 2.24) is 5.32 Å². The number of carbonyl (C=O) groups excluding carboxylic acids is 2. The molecule has 52 heavy (non-hydrogen) atoms. The van der Waals surface area contributed by atoms with Crippen molar-refractivity contribution in [3.05, 3.63) is 24.3 Å². The number of ether oxygens (including phenoxy) is 1. The summed E-state index contributed by atoms with van der Waals surface area (Å²) in [4.78, 5) is 25.9. The Morgan fingerprint density at radius 2 is 0.962 bits per heavy atom. The number of hydrogen-bond donors (Lipinski definition) is 3. The number of nitrogens with one attached hydrogen (secondary N) is 1. The molecule has 0 rings (SSSR count). The van der Waals surface area contributed by atoms with Crippen molar-refractivity contribution in [2.24, 2.45) is 0 Å². The van der Waals surface area contributed by atoms with Crippen LogP contribution in [-0.2, 0) is 14.3 Å². The van der Waals surface area contributed by atoms with Crippen LogP contribution in [0.5, 0.6) is 0 Å². The van der Waals surface area contributed by atoms with E-state index in [0.717, 1.165) is 83.5 Å². The van der Waals surface area contributed by atoms with E-state index in [4.69, 9.17) is 4.74 Å². The molecule has 3 atom stereocenters. The van der Waals surface area contributed by atoms with Gasteiger partial charge in [-0.1, -0.05) is 173 Å².